The zero-order valence-corrected chi connectivity index (χ0v) is 33.3. The molecule has 1 aromatic heterocycles. The third kappa shape index (κ3) is 21.7. The van der Waals surface area contributed by atoms with Crippen LogP contribution in [0.1, 0.15) is 131 Å². The highest BCUT2D eigenvalue weighted by Crippen LogP contribution is 2.44. The highest BCUT2D eigenvalue weighted by Gasteiger charge is 2.46. The molecule has 0 aromatic carbocycles. The van der Waals surface area contributed by atoms with Crippen LogP contribution in [0.5, 0.6) is 0 Å². The number of nitrogen functional groups attached to an aromatic ring is 1. The summed E-state index contributed by atoms with van der Waals surface area (Å²) < 4.78 is 38.8. The number of unbranched alkanes of at least 4 members (excludes halogenated alkanes) is 10. The number of phosphoric acid groups is 1. The van der Waals surface area contributed by atoms with E-state index in [4.69, 9.17) is 29.0 Å². The minimum Gasteiger partial charge on any atom is -0.387 e. The van der Waals surface area contributed by atoms with Gasteiger partial charge in [-0.3, -0.25) is 13.6 Å². The molecule has 4 N–H and O–H groups in total. The van der Waals surface area contributed by atoms with Crippen molar-refractivity contribution in [3.05, 3.63) is 22.7 Å². The second kappa shape index (κ2) is 29.4. The molecular weight excluding hydrogens is 669 g/mol. The Kier molecular flexibility index (Phi) is 28.7. The average molecular weight is 740 g/mol. The van der Waals surface area contributed by atoms with E-state index in [1.807, 2.05) is 6.92 Å². The van der Waals surface area contributed by atoms with E-state index in [0.29, 0.717) is 16.9 Å². The lowest BCUT2D eigenvalue weighted by Gasteiger charge is -2.20. The number of anilines is 1. The first kappa shape index (κ1) is 47.8. The highest BCUT2D eigenvalue weighted by atomic mass is 32.2. The molecule has 1 fully saturated rings. The van der Waals surface area contributed by atoms with Crippen molar-refractivity contribution in [2.45, 2.75) is 155 Å². The van der Waals surface area contributed by atoms with E-state index in [0.717, 1.165) is 4.57 Å². The molecule has 290 valence electrons. The lowest BCUT2D eigenvalue weighted by atomic mass is 10.1. The van der Waals surface area contributed by atoms with Crippen molar-refractivity contribution < 1.29 is 37.8 Å². The molecule has 0 amide bonds. The summed E-state index contributed by atoms with van der Waals surface area (Å²) in [6, 6.07) is 1.39. The topological polar surface area (TPSA) is 165 Å². The molecule has 0 spiro atoms. The van der Waals surface area contributed by atoms with Crippen LogP contribution in [0.2, 0.25) is 0 Å². The molecule has 0 aliphatic carbocycles. The molecule has 6 atom stereocenters. The Balaban J connectivity index is 0.000000902. The summed E-state index contributed by atoms with van der Waals surface area (Å²) in [4.78, 5) is 25.4. The first-order valence-corrected chi connectivity index (χ1v) is 21.5. The van der Waals surface area contributed by atoms with Crippen molar-refractivity contribution >= 4 is 30.0 Å². The molecule has 14 heteroatoms. The van der Waals surface area contributed by atoms with E-state index in [-0.39, 0.29) is 18.5 Å². The lowest BCUT2D eigenvalue weighted by Crippen LogP contribution is -2.37. The first-order chi connectivity index (χ1) is 23.4. The molecule has 0 saturated carbocycles. The maximum Gasteiger partial charge on any atom is 0.472 e. The highest BCUT2D eigenvalue weighted by molar-refractivity contribution is 8.14. The molecular formula is C35H70N3O9PS. The van der Waals surface area contributed by atoms with Gasteiger partial charge in [-0.1, -0.05) is 111 Å². The maximum atomic E-state index is 12.0. The minimum absolute atomic E-state index is 0.0356. The van der Waals surface area contributed by atoms with Crippen LogP contribution < -0.4 is 11.4 Å². The summed E-state index contributed by atoms with van der Waals surface area (Å²) in [5.41, 5.74) is 4.77. The SMILES string of the molecule is C=S(CCCCC)CCCCC.CCC(COP(=O)(O)OC[C@H]1O[C@@H](n2ccc(N)nc2=O)[C@H](OC)[C@@H]1O)OC.CCCCCCCCC. The van der Waals surface area contributed by atoms with Crippen molar-refractivity contribution in [1.29, 1.82) is 0 Å². The lowest BCUT2D eigenvalue weighted by molar-refractivity contribution is -0.0631. The van der Waals surface area contributed by atoms with Crippen molar-refractivity contribution in [1.82, 2.24) is 9.55 Å². The Labute approximate surface area is 299 Å². The number of aliphatic hydroxyl groups is 1. The smallest absolute Gasteiger partial charge is 0.387 e. The van der Waals surface area contributed by atoms with Crippen LogP contribution in [-0.4, -0.2) is 88.8 Å². The molecule has 1 aromatic rings. The van der Waals surface area contributed by atoms with Gasteiger partial charge in [-0.05, 0) is 36.8 Å². The van der Waals surface area contributed by atoms with Crippen LogP contribution in [0.4, 0.5) is 5.82 Å². The summed E-state index contributed by atoms with van der Waals surface area (Å²) in [7, 11) is -1.13. The molecule has 1 saturated heterocycles. The number of hydrogen-bond donors (Lipinski definition) is 3. The van der Waals surface area contributed by atoms with E-state index in [2.05, 4.69) is 38.5 Å². The van der Waals surface area contributed by atoms with Crippen molar-refractivity contribution in [2.75, 3.05) is 44.7 Å². The van der Waals surface area contributed by atoms with Crippen LogP contribution in [0.15, 0.2) is 17.1 Å². The second-order valence-electron chi connectivity index (χ2n) is 12.3. The molecule has 49 heavy (non-hydrogen) atoms. The molecule has 1 aliphatic heterocycles. The number of nitrogens with zero attached hydrogens (tertiary/aromatic N) is 2. The third-order valence-electron chi connectivity index (χ3n) is 8.11. The van der Waals surface area contributed by atoms with Crippen LogP contribution in [0.3, 0.4) is 0 Å². The number of aliphatic hydroxyl groups excluding tert-OH is 1. The summed E-state index contributed by atoms with van der Waals surface area (Å²) >= 11 is 0. The predicted molar refractivity (Wildman–Crippen MR) is 204 cm³/mol. The number of hydrogen-bond acceptors (Lipinski definition) is 10. The molecule has 0 bridgehead atoms. The second-order valence-corrected chi connectivity index (χ2v) is 15.8. The summed E-state index contributed by atoms with van der Waals surface area (Å²) in [6.07, 6.45) is 15.6. The fourth-order valence-corrected chi connectivity index (χ4v) is 7.13. The third-order valence-corrected chi connectivity index (χ3v) is 10.8. The van der Waals surface area contributed by atoms with Gasteiger partial charge in [0.2, 0.25) is 0 Å². The van der Waals surface area contributed by atoms with Gasteiger partial charge in [-0.25, -0.2) is 9.36 Å². The number of nitrogens with two attached hydrogens (primary N) is 1. The minimum atomic E-state index is -4.40. The van der Waals surface area contributed by atoms with Crippen LogP contribution in [0, 0.1) is 0 Å². The zero-order valence-electron chi connectivity index (χ0n) is 31.6. The monoisotopic (exact) mass is 739 g/mol. The number of aromatic nitrogens is 2. The molecule has 2 rings (SSSR count). The van der Waals surface area contributed by atoms with Gasteiger partial charge in [0, 0.05) is 20.4 Å². The van der Waals surface area contributed by atoms with E-state index in [1.165, 1.54) is 121 Å². The summed E-state index contributed by atoms with van der Waals surface area (Å²) in [5.74, 6) is 6.99. The van der Waals surface area contributed by atoms with Gasteiger partial charge in [0.25, 0.3) is 0 Å². The Morgan fingerprint density at radius 2 is 1.49 bits per heavy atom. The Hall–Kier alpha value is -1.15. The van der Waals surface area contributed by atoms with Crippen LogP contribution >= 0.6 is 18.3 Å². The average Bonchev–Trinajstić information content (AvgIpc) is 3.39. The maximum absolute atomic E-state index is 12.0. The number of phosphoric ester groups is 1. The van der Waals surface area contributed by atoms with E-state index in [1.54, 1.807) is 0 Å². The van der Waals surface area contributed by atoms with Gasteiger partial charge in [-0.2, -0.15) is 15.5 Å². The van der Waals surface area contributed by atoms with Gasteiger partial charge in [-0.15, -0.1) is 0 Å². The number of rotatable bonds is 24. The summed E-state index contributed by atoms with van der Waals surface area (Å²) in [6.45, 7) is 10.3. The largest absolute Gasteiger partial charge is 0.472 e. The fourth-order valence-electron chi connectivity index (χ4n) is 4.93. The van der Waals surface area contributed by atoms with E-state index in [9.17, 15) is 19.4 Å². The standard InChI is InChI=1S/C15H26N3O9P.C11H24S.C9H20/c1-4-9(23-2)7-25-28(21,22)26-8-10-12(19)13(24-3)14(27-10)18-6-5-11(16)17-15(18)20;1-4-6-8-10-12(3)11-9-7-5-2;1-3-5-7-9-8-6-4-2/h5-6,9-10,12-14,19H,4,7-8H2,1-3H3,(H,21,22)(H2,16,17,20);3-11H2,1-2H3;3-9H2,1-2H3/t9?,10-,12-,13-,14-;;/m1../s1. The summed E-state index contributed by atoms with van der Waals surface area (Å²) in [5, 5.41) is 10.4. The quantitative estimate of drug-likeness (QED) is 0.0547. The Morgan fingerprint density at radius 3 is 1.96 bits per heavy atom. The first-order valence-electron chi connectivity index (χ1n) is 18.3. The Bertz CT molecular complexity index is 1060. The predicted octanol–water partition coefficient (Wildman–Crippen LogP) is 7.48. The van der Waals surface area contributed by atoms with Crippen molar-refractivity contribution in [3.8, 4) is 0 Å². The molecule has 12 nitrogen and oxygen atoms in total. The molecule has 1 aliphatic rings. The normalized spacial score (nSPS) is 20.6. The zero-order chi connectivity index (χ0) is 37.1. The van der Waals surface area contributed by atoms with Gasteiger partial charge in [0.15, 0.2) is 6.23 Å². The van der Waals surface area contributed by atoms with E-state index >= 15 is 0 Å². The Morgan fingerprint density at radius 1 is 0.959 bits per heavy atom. The molecule has 2 unspecified atom stereocenters. The van der Waals surface area contributed by atoms with Gasteiger partial charge in [0.1, 0.15) is 24.1 Å². The van der Waals surface area contributed by atoms with E-state index < -0.39 is 44.7 Å². The van der Waals surface area contributed by atoms with Gasteiger partial charge in [0.05, 0.1) is 19.3 Å². The molecule has 0 radical (unpaired) electrons. The number of methoxy groups -OCH3 is 2. The fraction of sp³-hybridized carbons (Fsp3) is 0.857. The van der Waals surface area contributed by atoms with Crippen molar-refractivity contribution in [3.63, 3.8) is 0 Å². The van der Waals surface area contributed by atoms with Gasteiger partial charge >= 0.3 is 13.5 Å². The number of ether oxygens (including phenoxy) is 3. The van der Waals surface area contributed by atoms with Crippen molar-refractivity contribution in [2.24, 2.45) is 0 Å². The van der Waals surface area contributed by atoms with Gasteiger partial charge < -0.3 is 29.9 Å². The van der Waals surface area contributed by atoms with Crippen LogP contribution in [0.25, 0.3) is 0 Å². The molecule has 2 heterocycles. The van der Waals surface area contributed by atoms with Crippen LogP contribution in [-0.2, 0) is 27.8 Å².